The Hall–Kier alpha value is -1.01. The van der Waals surface area contributed by atoms with E-state index in [4.69, 9.17) is 12.2 Å². The second kappa shape index (κ2) is 4.75. The van der Waals surface area contributed by atoms with E-state index in [-0.39, 0.29) is 11.9 Å². The van der Waals surface area contributed by atoms with Crippen LogP contribution >= 0.6 is 0 Å². The lowest BCUT2D eigenvalue weighted by Gasteiger charge is -2.12. The molecule has 0 aliphatic rings. The first-order chi connectivity index (χ1) is 5.11. The number of nitrogens with one attached hydrogen (secondary N) is 1. The van der Waals surface area contributed by atoms with Gasteiger partial charge in [0.1, 0.15) is 0 Å². The van der Waals surface area contributed by atoms with E-state index < -0.39 is 6.04 Å². The average molecular weight is 154 g/mol. The minimum Gasteiger partial charge on any atom is -0.341 e. The Bertz CT molecular complexity index is 169. The van der Waals surface area contributed by atoms with E-state index in [0.29, 0.717) is 0 Å². The normalized spacial score (nSPS) is 14.7. The number of carbonyl (C=O) groups excluding carboxylic acids is 1. The Kier molecular flexibility index (Phi) is 4.32. The van der Waals surface area contributed by atoms with Gasteiger partial charge in [-0.15, -0.1) is 6.42 Å². The highest BCUT2D eigenvalue weighted by atomic mass is 16.2. The summed E-state index contributed by atoms with van der Waals surface area (Å²) in [7, 11) is 0. The van der Waals surface area contributed by atoms with Gasteiger partial charge in [-0.25, -0.2) is 0 Å². The molecule has 62 valence electrons. The zero-order valence-corrected chi connectivity index (χ0v) is 6.92. The molecule has 0 saturated heterocycles. The van der Waals surface area contributed by atoms with Crippen molar-refractivity contribution >= 4 is 5.91 Å². The van der Waals surface area contributed by atoms with Crippen LogP contribution in [0, 0.1) is 12.3 Å². The van der Waals surface area contributed by atoms with Gasteiger partial charge in [-0.2, -0.15) is 0 Å². The summed E-state index contributed by atoms with van der Waals surface area (Å²) in [5.74, 6) is 2.25. The summed E-state index contributed by atoms with van der Waals surface area (Å²) in [5, 5.41) is 2.62. The number of nitrogens with two attached hydrogens (primary N) is 1. The van der Waals surface area contributed by atoms with E-state index in [1.54, 1.807) is 6.92 Å². The van der Waals surface area contributed by atoms with Crippen molar-refractivity contribution < 1.29 is 4.79 Å². The van der Waals surface area contributed by atoms with Gasteiger partial charge in [-0.05, 0) is 13.3 Å². The van der Waals surface area contributed by atoms with Crippen molar-refractivity contribution in [2.45, 2.75) is 32.4 Å². The van der Waals surface area contributed by atoms with Crippen molar-refractivity contribution in [2.75, 3.05) is 0 Å². The maximum absolute atomic E-state index is 10.9. The van der Waals surface area contributed by atoms with Crippen LogP contribution in [0.25, 0.3) is 0 Å². The molecule has 3 N–H and O–H groups in total. The van der Waals surface area contributed by atoms with Crippen molar-refractivity contribution in [1.82, 2.24) is 5.32 Å². The van der Waals surface area contributed by atoms with Gasteiger partial charge in [-0.1, -0.05) is 12.8 Å². The van der Waals surface area contributed by atoms with Crippen LogP contribution in [-0.4, -0.2) is 18.0 Å². The van der Waals surface area contributed by atoms with E-state index >= 15 is 0 Å². The van der Waals surface area contributed by atoms with E-state index in [2.05, 4.69) is 11.2 Å². The van der Waals surface area contributed by atoms with Crippen LogP contribution in [0.15, 0.2) is 0 Å². The monoisotopic (exact) mass is 154 g/mol. The highest BCUT2D eigenvalue weighted by Gasteiger charge is 2.10. The molecule has 0 rings (SSSR count). The Morgan fingerprint density at radius 1 is 1.82 bits per heavy atom. The van der Waals surface area contributed by atoms with Gasteiger partial charge in [0.05, 0.1) is 12.1 Å². The van der Waals surface area contributed by atoms with Crippen LogP contribution in [0.1, 0.15) is 20.3 Å². The summed E-state index contributed by atoms with van der Waals surface area (Å²) in [6.07, 6.45) is 5.86. The molecule has 1 amide bonds. The van der Waals surface area contributed by atoms with Gasteiger partial charge in [0.25, 0.3) is 0 Å². The van der Waals surface area contributed by atoms with Crippen molar-refractivity contribution in [2.24, 2.45) is 5.73 Å². The highest BCUT2D eigenvalue weighted by molar-refractivity contribution is 5.81. The number of hydrogen-bond acceptors (Lipinski definition) is 2. The van der Waals surface area contributed by atoms with Gasteiger partial charge in [-0.3, -0.25) is 4.79 Å². The minimum absolute atomic E-state index is 0.187. The maximum atomic E-state index is 10.9. The fourth-order valence-electron chi connectivity index (χ4n) is 0.565. The van der Waals surface area contributed by atoms with Crippen LogP contribution in [0.4, 0.5) is 0 Å². The van der Waals surface area contributed by atoms with Crippen LogP contribution in [0.3, 0.4) is 0 Å². The summed E-state index contributed by atoms with van der Waals surface area (Å²) in [6, 6.07) is -0.675. The molecule has 0 aliphatic carbocycles. The molecule has 0 fully saturated rings. The molecular formula is C8H14N2O. The lowest BCUT2D eigenvalue weighted by atomic mass is 10.2. The molecule has 0 bridgehead atoms. The molecule has 1 unspecified atom stereocenters. The fourth-order valence-corrected chi connectivity index (χ4v) is 0.565. The molecule has 0 aromatic rings. The molecule has 2 atom stereocenters. The molecule has 0 radical (unpaired) electrons. The summed E-state index contributed by atoms with van der Waals surface area (Å²) in [6.45, 7) is 3.53. The van der Waals surface area contributed by atoms with Gasteiger partial charge in [0.15, 0.2) is 0 Å². The number of amides is 1. The molecule has 0 aromatic carbocycles. The lowest BCUT2D eigenvalue weighted by Crippen LogP contribution is -2.43. The zero-order chi connectivity index (χ0) is 8.85. The highest BCUT2D eigenvalue weighted by Crippen LogP contribution is 1.88. The average Bonchev–Trinajstić information content (AvgIpc) is 1.99. The van der Waals surface area contributed by atoms with Crippen molar-refractivity contribution in [1.29, 1.82) is 0 Å². The second-order valence-corrected chi connectivity index (χ2v) is 2.42. The molecule has 3 heteroatoms. The molecule has 0 aliphatic heterocycles. The Labute approximate surface area is 67.3 Å². The third kappa shape index (κ3) is 3.64. The van der Waals surface area contributed by atoms with Crippen molar-refractivity contribution in [3.05, 3.63) is 0 Å². The molecule has 3 nitrogen and oxygen atoms in total. The topological polar surface area (TPSA) is 55.1 Å². The fraction of sp³-hybridized carbons (Fsp3) is 0.625. The SMILES string of the molecule is C#CC(CC)NC(=O)[C@H](C)N. The quantitative estimate of drug-likeness (QED) is 0.556. The third-order valence-corrected chi connectivity index (χ3v) is 1.34. The van der Waals surface area contributed by atoms with Gasteiger partial charge in [0.2, 0.25) is 5.91 Å². The summed E-state index contributed by atoms with van der Waals surface area (Å²) >= 11 is 0. The molecule has 0 heterocycles. The van der Waals surface area contributed by atoms with Gasteiger partial charge < -0.3 is 11.1 Å². The lowest BCUT2D eigenvalue weighted by molar-refractivity contribution is -0.122. The Morgan fingerprint density at radius 2 is 2.36 bits per heavy atom. The summed E-state index contributed by atoms with van der Waals surface area (Å²) < 4.78 is 0. The predicted molar refractivity (Wildman–Crippen MR) is 44.7 cm³/mol. The largest absolute Gasteiger partial charge is 0.341 e. The Balaban J connectivity index is 3.84. The second-order valence-electron chi connectivity index (χ2n) is 2.42. The van der Waals surface area contributed by atoms with E-state index in [0.717, 1.165) is 6.42 Å². The summed E-state index contributed by atoms with van der Waals surface area (Å²) in [4.78, 5) is 10.9. The van der Waals surface area contributed by atoms with E-state index in [1.165, 1.54) is 0 Å². The van der Waals surface area contributed by atoms with Crippen molar-refractivity contribution in [3.8, 4) is 12.3 Å². The van der Waals surface area contributed by atoms with E-state index in [1.807, 2.05) is 6.92 Å². The van der Waals surface area contributed by atoms with Crippen LogP contribution in [0.5, 0.6) is 0 Å². The van der Waals surface area contributed by atoms with Gasteiger partial charge >= 0.3 is 0 Å². The van der Waals surface area contributed by atoms with Gasteiger partial charge in [0, 0.05) is 0 Å². The molecule has 0 aromatic heterocycles. The molecule has 0 spiro atoms. The number of hydrogen-bond donors (Lipinski definition) is 2. The predicted octanol–water partition coefficient (Wildman–Crippen LogP) is -0.138. The molecule has 0 saturated carbocycles. The smallest absolute Gasteiger partial charge is 0.237 e. The minimum atomic E-state index is -0.489. The maximum Gasteiger partial charge on any atom is 0.237 e. The summed E-state index contributed by atoms with van der Waals surface area (Å²) in [5.41, 5.74) is 5.31. The van der Waals surface area contributed by atoms with Crippen LogP contribution in [-0.2, 0) is 4.79 Å². The number of carbonyl (C=O) groups is 1. The van der Waals surface area contributed by atoms with Crippen LogP contribution in [0.2, 0.25) is 0 Å². The third-order valence-electron chi connectivity index (χ3n) is 1.34. The first-order valence-corrected chi connectivity index (χ1v) is 3.63. The van der Waals surface area contributed by atoms with Crippen molar-refractivity contribution in [3.63, 3.8) is 0 Å². The van der Waals surface area contributed by atoms with E-state index in [9.17, 15) is 4.79 Å². The number of rotatable bonds is 3. The molecular weight excluding hydrogens is 140 g/mol. The first-order valence-electron chi connectivity index (χ1n) is 3.63. The zero-order valence-electron chi connectivity index (χ0n) is 6.92. The standard InChI is InChI=1S/C8H14N2O/c1-4-7(5-2)10-8(11)6(3)9/h1,6-7H,5,9H2,2-3H3,(H,10,11)/t6-,7?/m0/s1. The van der Waals surface area contributed by atoms with Crippen LogP contribution < -0.4 is 11.1 Å². The number of terminal acetylenes is 1. The molecule has 11 heavy (non-hydrogen) atoms. The Morgan fingerprint density at radius 3 is 2.64 bits per heavy atom. The first kappa shape index (κ1) is 9.99.